The molecule has 36 heavy (non-hydrogen) atoms. The van der Waals surface area contributed by atoms with Crippen molar-refractivity contribution in [2.24, 2.45) is 0 Å². The standard InChI is InChI=1S/C30H33N3O3/c1-21-10-15-28(22(2)18-21)36-17-7-6-16-32-27-9-5-4-8-26(27)31-30(32)23-19-29(34)33(20-23)24-11-13-25(35-3)14-12-24/h4-5,8-15,18,23H,6-7,16-17,19-20H2,1-3H3. The van der Waals surface area contributed by atoms with Crippen molar-refractivity contribution >= 4 is 22.6 Å². The van der Waals surface area contributed by atoms with Crippen molar-refractivity contribution in [1.82, 2.24) is 9.55 Å². The van der Waals surface area contributed by atoms with Crippen LogP contribution in [-0.2, 0) is 11.3 Å². The lowest BCUT2D eigenvalue weighted by molar-refractivity contribution is -0.117. The molecule has 1 saturated heterocycles. The molecule has 1 unspecified atom stereocenters. The quantitative estimate of drug-likeness (QED) is 0.272. The van der Waals surface area contributed by atoms with Gasteiger partial charge in [0.2, 0.25) is 5.91 Å². The number of rotatable bonds is 9. The van der Waals surface area contributed by atoms with Crippen LogP contribution in [0.15, 0.2) is 66.7 Å². The Hall–Kier alpha value is -3.80. The molecule has 186 valence electrons. The summed E-state index contributed by atoms with van der Waals surface area (Å²) in [5.74, 6) is 2.92. The monoisotopic (exact) mass is 483 g/mol. The van der Waals surface area contributed by atoms with Crippen molar-refractivity contribution in [3.05, 3.63) is 83.7 Å². The number of methoxy groups -OCH3 is 1. The number of aromatic nitrogens is 2. The molecule has 0 radical (unpaired) electrons. The molecule has 1 fully saturated rings. The number of benzene rings is 3. The van der Waals surface area contributed by atoms with Crippen LogP contribution < -0.4 is 14.4 Å². The Morgan fingerprint density at radius 1 is 1.00 bits per heavy atom. The Morgan fingerprint density at radius 2 is 1.81 bits per heavy atom. The van der Waals surface area contributed by atoms with Crippen LogP contribution in [0.4, 0.5) is 5.69 Å². The Bertz CT molecular complexity index is 1360. The van der Waals surface area contributed by atoms with Gasteiger partial charge in [-0.3, -0.25) is 4.79 Å². The van der Waals surface area contributed by atoms with E-state index in [9.17, 15) is 4.79 Å². The van der Waals surface area contributed by atoms with E-state index in [1.54, 1.807) is 7.11 Å². The van der Waals surface area contributed by atoms with Crippen molar-refractivity contribution in [2.45, 2.75) is 45.6 Å². The molecule has 0 N–H and O–H groups in total. The summed E-state index contributed by atoms with van der Waals surface area (Å²) in [6, 6.07) is 22.2. The maximum Gasteiger partial charge on any atom is 0.227 e. The molecule has 1 amide bonds. The van der Waals surface area contributed by atoms with E-state index in [0.29, 0.717) is 19.6 Å². The van der Waals surface area contributed by atoms with Crippen LogP contribution in [0.5, 0.6) is 11.5 Å². The first-order valence-corrected chi connectivity index (χ1v) is 12.6. The first-order valence-electron chi connectivity index (χ1n) is 12.6. The van der Waals surface area contributed by atoms with Gasteiger partial charge in [0.05, 0.1) is 24.8 Å². The minimum Gasteiger partial charge on any atom is -0.497 e. The highest BCUT2D eigenvalue weighted by Crippen LogP contribution is 2.34. The van der Waals surface area contributed by atoms with E-state index in [4.69, 9.17) is 14.5 Å². The van der Waals surface area contributed by atoms with E-state index >= 15 is 0 Å². The number of unbranched alkanes of at least 4 members (excludes halogenated alkanes) is 1. The van der Waals surface area contributed by atoms with Gasteiger partial charge in [-0.2, -0.15) is 0 Å². The van der Waals surface area contributed by atoms with Crippen LogP contribution >= 0.6 is 0 Å². The molecule has 4 aromatic rings. The first kappa shape index (κ1) is 23.9. The largest absolute Gasteiger partial charge is 0.497 e. The number of carbonyl (C=O) groups excluding carboxylic acids is 1. The van der Waals surface area contributed by atoms with Crippen LogP contribution in [0.1, 0.15) is 42.1 Å². The summed E-state index contributed by atoms with van der Waals surface area (Å²) in [7, 11) is 1.65. The Kier molecular flexibility index (Phi) is 6.94. The molecule has 0 bridgehead atoms. The van der Waals surface area contributed by atoms with Crippen molar-refractivity contribution < 1.29 is 14.3 Å². The van der Waals surface area contributed by atoms with Gasteiger partial charge in [0.1, 0.15) is 17.3 Å². The number of fused-ring (bicyclic) bond motifs is 1. The topological polar surface area (TPSA) is 56.6 Å². The van der Waals surface area contributed by atoms with Crippen LogP contribution in [0.25, 0.3) is 11.0 Å². The van der Waals surface area contributed by atoms with Crippen molar-refractivity contribution in [3.8, 4) is 11.5 Å². The highest BCUT2D eigenvalue weighted by atomic mass is 16.5. The molecule has 2 heterocycles. The number of aryl methyl sites for hydroxylation is 3. The molecular formula is C30H33N3O3. The molecule has 3 aromatic carbocycles. The lowest BCUT2D eigenvalue weighted by Crippen LogP contribution is -2.24. The fraction of sp³-hybridized carbons (Fsp3) is 0.333. The number of amides is 1. The number of imidazole rings is 1. The summed E-state index contributed by atoms with van der Waals surface area (Å²) in [5, 5.41) is 0. The second-order valence-electron chi connectivity index (χ2n) is 9.54. The van der Waals surface area contributed by atoms with Gasteiger partial charge in [-0.05, 0) is 74.7 Å². The molecule has 1 aliphatic rings. The average molecular weight is 484 g/mol. The molecule has 0 spiro atoms. The van der Waals surface area contributed by atoms with E-state index in [0.717, 1.165) is 53.4 Å². The number of ether oxygens (including phenoxy) is 2. The van der Waals surface area contributed by atoms with Gasteiger partial charge in [0.15, 0.2) is 0 Å². The Labute approximate surface area is 212 Å². The van der Waals surface area contributed by atoms with Crippen LogP contribution in [-0.4, -0.2) is 35.7 Å². The van der Waals surface area contributed by atoms with Gasteiger partial charge in [-0.15, -0.1) is 0 Å². The first-order chi connectivity index (χ1) is 17.5. The van der Waals surface area contributed by atoms with Crippen LogP contribution in [0.2, 0.25) is 0 Å². The average Bonchev–Trinajstić information content (AvgIpc) is 3.45. The predicted molar refractivity (Wildman–Crippen MR) is 143 cm³/mol. The zero-order valence-electron chi connectivity index (χ0n) is 21.2. The van der Waals surface area contributed by atoms with Crippen molar-refractivity contribution in [3.63, 3.8) is 0 Å². The molecular weight excluding hydrogens is 450 g/mol. The normalized spacial score (nSPS) is 15.6. The predicted octanol–water partition coefficient (Wildman–Crippen LogP) is 6.04. The number of nitrogens with zero attached hydrogens (tertiary/aromatic N) is 3. The molecule has 6 nitrogen and oxygen atoms in total. The highest BCUT2D eigenvalue weighted by Gasteiger charge is 2.34. The fourth-order valence-corrected chi connectivity index (χ4v) is 5.05. The number of hydrogen-bond acceptors (Lipinski definition) is 4. The van der Waals surface area contributed by atoms with Gasteiger partial charge in [0.25, 0.3) is 0 Å². The van der Waals surface area contributed by atoms with Crippen LogP contribution in [0.3, 0.4) is 0 Å². The summed E-state index contributed by atoms with van der Waals surface area (Å²) in [6.45, 7) is 6.34. The van der Waals surface area contributed by atoms with E-state index < -0.39 is 0 Å². The molecule has 1 aliphatic heterocycles. The van der Waals surface area contributed by atoms with E-state index in [-0.39, 0.29) is 11.8 Å². The number of carbonyl (C=O) groups is 1. The highest BCUT2D eigenvalue weighted by molar-refractivity contribution is 5.96. The maximum absolute atomic E-state index is 13.0. The summed E-state index contributed by atoms with van der Waals surface area (Å²) in [6.07, 6.45) is 2.38. The Morgan fingerprint density at radius 3 is 2.58 bits per heavy atom. The van der Waals surface area contributed by atoms with Gasteiger partial charge < -0.3 is 18.9 Å². The van der Waals surface area contributed by atoms with Crippen LogP contribution in [0, 0.1) is 13.8 Å². The third-order valence-corrected chi connectivity index (χ3v) is 6.92. The minimum absolute atomic E-state index is 0.0541. The SMILES string of the molecule is COc1ccc(N2CC(c3nc4ccccc4n3CCCCOc3ccc(C)cc3C)CC2=O)cc1. The lowest BCUT2D eigenvalue weighted by atomic mass is 10.1. The van der Waals surface area contributed by atoms with E-state index in [1.807, 2.05) is 35.2 Å². The minimum atomic E-state index is 0.0541. The number of anilines is 1. The summed E-state index contributed by atoms with van der Waals surface area (Å²) in [5.41, 5.74) is 5.42. The lowest BCUT2D eigenvalue weighted by Gasteiger charge is -2.18. The molecule has 0 saturated carbocycles. The number of para-hydroxylation sites is 2. The third-order valence-electron chi connectivity index (χ3n) is 6.92. The second-order valence-corrected chi connectivity index (χ2v) is 9.54. The van der Waals surface area contributed by atoms with Gasteiger partial charge >= 0.3 is 0 Å². The summed E-state index contributed by atoms with van der Waals surface area (Å²) >= 11 is 0. The Balaban J connectivity index is 1.28. The zero-order valence-corrected chi connectivity index (χ0v) is 21.2. The maximum atomic E-state index is 13.0. The molecule has 6 heteroatoms. The third kappa shape index (κ3) is 4.94. The molecule has 0 aliphatic carbocycles. The van der Waals surface area contributed by atoms with Crippen molar-refractivity contribution in [1.29, 1.82) is 0 Å². The molecule has 1 aromatic heterocycles. The van der Waals surface area contributed by atoms with E-state index in [1.165, 1.54) is 11.1 Å². The molecule has 1 atom stereocenters. The summed E-state index contributed by atoms with van der Waals surface area (Å²) in [4.78, 5) is 19.8. The van der Waals surface area contributed by atoms with Gasteiger partial charge in [0, 0.05) is 31.1 Å². The van der Waals surface area contributed by atoms with Gasteiger partial charge in [-0.1, -0.05) is 29.8 Å². The van der Waals surface area contributed by atoms with Crippen molar-refractivity contribution in [2.75, 3.05) is 25.2 Å². The zero-order chi connectivity index (χ0) is 25.1. The fourth-order valence-electron chi connectivity index (χ4n) is 5.05. The van der Waals surface area contributed by atoms with Gasteiger partial charge in [-0.25, -0.2) is 4.98 Å². The second kappa shape index (κ2) is 10.4. The smallest absolute Gasteiger partial charge is 0.227 e. The number of hydrogen-bond donors (Lipinski definition) is 0. The summed E-state index contributed by atoms with van der Waals surface area (Å²) < 4.78 is 13.6. The molecule has 5 rings (SSSR count). The van der Waals surface area contributed by atoms with E-state index in [2.05, 4.69) is 54.8 Å².